The second-order valence-electron chi connectivity index (χ2n) is 11.3. The van der Waals surface area contributed by atoms with E-state index in [1.165, 1.54) is 12.7 Å². The van der Waals surface area contributed by atoms with Crippen LogP contribution in [0.4, 0.5) is 0 Å². The molecule has 0 heterocycles. The second-order valence-corrected chi connectivity index (χ2v) is 11.9. The first-order valence-corrected chi connectivity index (χ1v) is 10.7. The summed E-state index contributed by atoms with van der Waals surface area (Å²) in [5.74, 6) is 0. The molecule has 0 saturated carbocycles. The van der Waals surface area contributed by atoms with Crippen LogP contribution in [0.3, 0.4) is 0 Å². The molecule has 0 rings (SSSR count). The van der Waals surface area contributed by atoms with E-state index in [0.29, 0.717) is 16.9 Å². The van der Waals surface area contributed by atoms with E-state index in [1.54, 1.807) is 0 Å². The number of ether oxygens (including phenoxy) is 1. The normalized spacial score (nSPS) is 14.6. The minimum absolute atomic E-state index is 0.149. The maximum Gasteiger partial charge on any atom is 0.102 e. The molecule has 0 aromatic heterocycles. The minimum Gasteiger partial charge on any atom is -0.381 e. The summed E-state index contributed by atoms with van der Waals surface area (Å²) in [6, 6.07) is 0.527. The molecule has 0 fully saturated rings. The van der Waals surface area contributed by atoms with E-state index in [1.807, 2.05) is 0 Å². The first-order chi connectivity index (χ1) is 11.0. The molecule has 2 nitrogen and oxygen atoms in total. The SMILES string of the molecule is BCC(C)(C)CC(C)(C)CCOCC(C)(C)CC(C)(C)N(P)C(C)C. The van der Waals surface area contributed by atoms with Crippen LogP contribution in [0.25, 0.3) is 0 Å². The van der Waals surface area contributed by atoms with Gasteiger partial charge >= 0.3 is 0 Å². The molecule has 1 atom stereocenters. The van der Waals surface area contributed by atoms with Gasteiger partial charge in [-0.1, -0.05) is 57.3 Å². The van der Waals surface area contributed by atoms with Crippen LogP contribution in [0.1, 0.15) is 88.5 Å². The molecular weight excluding hydrogens is 324 g/mol. The Balaban J connectivity index is 4.43. The Bertz CT molecular complexity index is 391. The van der Waals surface area contributed by atoms with E-state index in [9.17, 15) is 0 Å². The summed E-state index contributed by atoms with van der Waals surface area (Å²) >= 11 is 0. The Labute approximate surface area is 162 Å². The van der Waals surface area contributed by atoms with Crippen molar-refractivity contribution in [1.29, 1.82) is 0 Å². The van der Waals surface area contributed by atoms with Crippen molar-refractivity contribution in [1.82, 2.24) is 4.67 Å². The highest BCUT2D eigenvalue weighted by molar-refractivity contribution is 7.13. The van der Waals surface area contributed by atoms with Crippen molar-refractivity contribution in [3.8, 4) is 0 Å². The number of rotatable bonds is 12. The van der Waals surface area contributed by atoms with E-state index < -0.39 is 0 Å². The molecule has 0 aliphatic carbocycles. The molecule has 0 aliphatic rings. The predicted molar refractivity (Wildman–Crippen MR) is 120 cm³/mol. The van der Waals surface area contributed by atoms with Gasteiger partial charge in [0.05, 0.1) is 6.61 Å². The zero-order chi connectivity index (χ0) is 20.1. The summed E-state index contributed by atoms with van der Waals surface area (Å²) in [5.41, 5.74) is 1.10. The van der Waals surface area contributed by atoms with Crippen molar-refractivity contribution in [3.63, 3.8) is 0 Å². The summed E-state index contributed by atoms with van der Waals surface area (Å²) in [6.07, 6.45) is 4.75. The van der Waals surface area contributed by atoms with E-state index in [4.69, 9.17) is 4.74 Å². The zero-order valence-electron chi connectivity index (χ0n) is 19.3. The van der Waals surface area contributed by atoms with Crippen LogP contribution in [0.2, 0.25) is 6.32 Å². The first kappa shape index (κ1) is 25.4. The van der Waals surface area contributed by atoms with Crippen LogP contribution in [-0.2, 0) is 4.74 Å². The summed E-state index contributed by atoms with van der Waals surface area (Å²) in [5, 5.41) is 0. The lowest BCUT2D eigenvalue weighted by Gasteiger charge is -2.43. The van der Waals surface area contributed by atoms with Gasteiger partial charge in [0.2, 0.25) is 0 Å². The van der Waals surface area contributed by atoms with Crippen molar-refractivity contribution in [2.45, 2.75) is 106 Å². The Morgan fingerprint density at radius 2 is 1.40 bits per heavy atom. The lowest BCUT2D eigenvalue weighted by atomic mass is 9.68. The lowest BCUT2D eigenvalue weighted by molar-refractivity contribution is 0.0155. The molecule has 25 heavy (non-hydrogen) atoms. The Kier molecular flexibility index (Phi) is 9.72. The maximum atomic E-state index is 6.14. The van der Waals surface area contributed by atoms with Gasteiger partial charge in [0, 0.05) is 18.2 Å². The number of nitrogens with zero attached hydrogens (tertiary/aromatic N) is 1. The minimum atomic E-state index is 0.149. The molecular formula is C21H47BNOP. The van der Waals surface area contributed by atoms with Crippen LogP contribution in [0, 0.1) is 16.2 Å². The average Bonchev–Trinajstić information content (AvgIpc) is 2.40. The Morgan fingerprint density at radius 1 is 0.880 bits per heavy atom. The van der Waals surface area contributed by atoms with Gasteiger partial charge in [-0.05, 0) is 63.2 Å². The molecule has 0 N–H and O–H groups in total. The van der Waals surface area contributed by atoms with Gasteiger partial charge in [0.25, 0.3) is 0 Å². The smallest absolute Gasteiger partial charge is 0.102 e. The van der Waals surface area contributed by atoms with Gasteiger partial charge in [-0.2, -0.15) is 0 Å². The fourth-order valence-corrected chi connectivity index (χ4v) is 4.31. The quantitative estimate of drug-likeness (QED) is 0.252. The lowest BCUT2D eigenvalue weighted by Crippen LogP contribution is -2.45. The van der Waals surface area contributed by atoms with E-state index in [2.05, 4.69) is 91.1 Å². The molecule has 0 amide bonds. The highest BCUT2D eigenvalue weighted by Gasteiger charge is 2.33. The Hall–Kier alpha value is 0.415. The average molecular weight is 371 g/mol. The number of hydrogen-bond acceptors (Lipinski definition) is 2. The second kappa shape index (κ2) is 9.56. The van der Waals surface area contributed by atoms with Crippen LogP contribution >= 0.6 is 9.39 Å². The van der Waals surface area contributed by atoms with Gasteiger partial charge in [-0.15, -0.1) is 0 Å². The molecule has 0 saturated heterocycles. The van der Waals surface area contributed by atoms with Crippen molar-refractivity contribution >= 4 is 17.2 Å². The Morgan fingerprint density at radius 3 is 1.84 bits per heavy atom. The zero-order valence-corrected chi connectivity index (χ0v) is 20.4. The van der Waals surface area contributed by atoms with E-state index in [-0.39, 0.29) is 11.0 Å². The summed E-state index contributed by atoms with van der Waals surface area (Å²) < 4.78 is 8.54. The third-order valence-electron chi connectivity index (χ3n) is 5.50. The molecule has 0 aliphatic heterocycles. The molecule has 1 unspecified atom stereocenters. The van der Waals surface area contributed by atoms with Crippen molar-refractivity contribution in [3.05, 3.63) is 0 Å². The molecule has 0 aromatic carbocycles. The summed E-state index contributed by atoms with van der Waals surface area (Å²) in [7, 11) is 5.20. The van der Waals surface area contributed by atoms with E-state index in [0.717, 1.165) is 26.1 Å². The topological polar surface area (TPSA) is 12.5 Å². The van der Waals surface area contributed by atoms with E-state index >= 15 is 0 Å². The maximum absolute atomic E-state index is 6.14. The largest absolute Gasteiger partial charge is 0.381 e. The third kappa shape index (κ3) is 10.4. The van der Waals surface area contributed by atoms with Crippen LogP contribution in [0.15, 0.2) is 0 Å². The van der Waals surface area contributed by atoms with Gasteiger partial charge in [-0.3, -0.25) is 4.67 Å². The van der Waals surface area contributed by atoms with Crippen LogP contribution in [0.5, 0.6) is 0 Å². The van der Waals surface area contributed by atoms with Crippen LogP contribution in [-0.4, -0.2) is 37.3 Å². The third-order valence-corrected chi connectivity index (χ3v) is 6.79. The first-order valence-electron chi connectivity index (χ1n) is 10.2. The van der Waals surface area contributed by atoms with Gasteiger partial charge in [0.1, 0.15) is 7.85 Å². The van der Waals surface area contributed by atoms with Gasteiger partial charge < -0.3 is 4.74 Å². The monoisotopic (exact) mass is 371 g/mol. The molecule has 0 radical (unpaired) electrons. The predicted octanol–water partition coefficient (Wildman–Crippen LogP) is 5.58. The molecule has 0 bridgehead atoms. The van der Waals surface area contributed by atoms with Gasteiger partial charge in [-0.25, -0.2) is 0 Å². The van der Waals surface area contributed by atoms with Crippen molar-refractivity contribution < 1.29 is 4.74 Å². The molecule has 0 spiro atoms. The van der Waals surface area contributed by atoms with Crippen molar-refractivity contribution in [2.75, 3.05) is 13.2 Å². The fourth-order valence-electron chi connectivity index (χ4n) is 4.22. The summed E-state index contributed by atoms with van der Waals surface area (Å²) in [4.78, 5) is 0. The molecule has 0 aromatic rings. The number of hydrogen-bond donors (Lipinski definition) is 0. The highest BCUT2D eigenvalue weighted by atomic mass is 31.0. The molecule has 4 heteroatoms. The van der Waals surface area contributed by atoms with Crippen molar-refractivity contribution in [2.24, 2.45) is 16.2 Å². The summed E-state index contributed by atoms with van der Waals surface area (Å²) in [6.45, 7) is 25.1. The highest BCUT2D eigenvalue weighted by Crippen LogP contribution is 2.38. The fraction of sp³-hybridized carbons (Fsp3) is 1.00. The standard InChI is InChI=1S/C21H47BNOP/c1-17(2)23(25)21(9,10)14-20(7,8)16-24-12-11-18(3,4)13-19(5,6)15-22/h17H,11-16,22,25H2,1-10H3. The van der Waals surface area contributed by atoms with Gasteiger partial charge in [0.15, 0.2) is 0 Å². The van der Waals surface area contributed by atoms with Crippen LogP contribution < -0.4 is 0 Å². The molecule has 150 valence electrons.